The smallest absolute Gasteiger partial charge is 0.231 e. The molecule has 0 radical (unpaired) electrons. The maximum atomic E-state index is 13.1. The van der Waals surface area contributed by atoms with Gasteiger partial charge in [0.05, 0.1) is 29.4 Å². The molecule has 160 valence electrons. The Morgan fingerprint density at radius 1 is 1.28 bits per heavy atom. The quantitative estimate of drug-likeness (QED) is 0.627. The van der Waals surface area contributed by atoms with Crippen LogP contribution < -0.4 is 15.5 Å². The third-order valence-corrected chi connectivity index (χ3v) is 6.22. The van der Waals surface area contributed by atoms with E-state index in [4.69, 9.17) is 11.6 Å². The van der Waals surface area contributed by atoms with Crippen molar-refractivity contribution in [2.24, 2.45) is 0 Å². The van der Waals surface area contributed by atoms with E-state index >= 15 is 0 Å². The van der Waals surface area contributed by atoms with Gasteiger partial charge in [0.2, 0.25) is 11.9 Å². The molecular weight excluding hydrogens is 424 g/mol. The summed E-state index contributed by atoms with van der Waals surface area (Å²) in [6.45, 7) is 2.33. The van der Waals surface area contributed by atoms with Gasteiger partial charge in [-0.05, 0) is 41.8 Å². The second kappa shape index (κ2) is 8.58. The molecule has 2 aromatic carbocycles. The Hall–Kier alpha value is -3.47. The number of hydrogen-bond acceptors (Lipinski definition) is 6. The van der Waals surface area contributed by atoms with Crippen molar-refractivity contribution in [2.75, 3.05) is 29.9 Å². The first-order valence-electron chi connectivity index (χ1n) is 10.5. The summed E-state index contributed by atoms with van der Waals surface area (Å²) in [6.07, 6.45) is 2.61. The molecule has 7 nitrogen and oxygen atoms in total. The van der Waals surface area contributed by atoms with Crippen LogP contribution in [0.4, 0.5) is 11.6 Å². The lowest BCUT2D eigenvalue weighted by atomic mass is 10.0. The number of aromatic nitrogens is 2. The number of halogens is 1. The molecule has 1 aromatic heterocycles. The first-order chi connectivity index (χ1) is 15.6. The third kappa shape index (κ3) is 3.91. The van der Waals surface area contributed by atoms with Gasteiger partial charge in [0, 0.05) is 36.4 Å². The molecule has 8 heteroatoms. The average Bonchev–Trinajstić information content (AvgIpc) is 3.22. The summed E-state index contributed by atoms with van der Waals surface area (Å²) in [4.78, 5) is 23.7. The maximum Gasteiger partial charge on any atom is 0.231 e. The molecule has 0 atom stereocenters. The number of benzene rings is 2. The molecule has 0 saturated carbocycles. The number of hydrogen-bond donors (Lipinski definition) is 2. The van der Waals surface area contributed by atoms with Gasteiger partial charge in [-0.3, -0.25) is 4.79 Å². The van der Waals surface area contributed by atoms with E-state index in [-0.39, 0.29) is 12.3 Å². The summed E-state index contributed by atoms with van der Waals surface area (Å²) in [5.41, 5.74) is 4.51. The second-order valence-corrected chi connectivity index (χ2v) is 8.38. The Kier molecular flexibility index (Phi) is 5.48. The highest BCUT2D eigenvalue weighted by Gasteiger charge is 2.29. The first kappa shape index (κ1) is 20.4. The van der Waals surface area contributed by atoms with Crippen molar-refractivity contribution in [3.05, 3.63) is 70.4 Å². The molecular formula is C24H21ClN6O. The zero-order valence-corrected chi connectivity index (χ0v) is 18.1. The van der Waals surface area contributed by atoms with Gasteiger partial charge in [-0.25, -0.2) is 9.97 Å². The molecule has 32 heavy (non-hydrogen) atoms. The molecule has 1 amide bonds. The summed E-state index contributed by atoms with van der Waals surface area (Å²) >= 11 is 6.24. The van der Waals surface area contributed by atoms with Gasteiger partial charge in [0.1, 0.15) is 6.07 Å². The van der Waals surface area contributed by atoms with Crippen LogP contribution in [0.5, 0.6) is 0 Å². The number of anilines is 2. The number of carbonyl (C=O) groups is 1. The molecule has 3 aromatic rings. The van der Waals surface area contributed by atoms with Gasteiger partial charge in [0.25, 0.3) is 0 Å². The van der Waals surface area contributed by atoms with Gasteiger partial charge < -0.3 is 15.5 Å². The van der Waals surface area contributed by atoms with Crippen molar-refractivity contribution in [2.45, 2.75) is 18.9 Å². The van der Waals surface area contributed by atoms with Gasteiger partial charge in [-0.1, -0.05) is 29.8 Å². The predicted molar refractivity (Wildman–Crippen MR) is 124 cm³/mol. The van der Waals surface area contributed by atoms with E-state index in [0.29, 0.717) is 41.2 Å². The molecule has 2 aliphatic heterocycles. The number of fused-ring (bicyclic) bond motifs is 1. The van der Waals surface area contributed by atoms with E-state index in [2.05, 4.69) is 26.7 Å². The van der Waals surface area contributed by atoms with Crippen LogP contribution in [0.3, 0.4) is 0 Å². The lowest BCUT2D eigenvalue weighted by molar-refractivity contribution is -0.117. The van der Waals surface area contributed by atoms with Crippen molar-refractivity contribution < 1.29 is 4.79 Å². The van der Waals surface area contributed by atoms with Crippen LogP contribution >= 0.6 is 11.6 Å². The number of amides is 1. The number of carbonyl (C=O) groups excluding carboxylic acids is 1. The van der Waals surface area contributed by atoms with E-state index in [1.807, 2.05) is 30.3 Å². The number of nitriles is 1. The van der Waals surface area contributed by atoms with Gasteiger partial charge in [0.15, 0.2) is 0 Å². The summed E-state index contributed by atoms with van der Waals surface area (Å²) in [5, 5.41) is 16.9. The molecule has 2 aliphatic rings. The van der Waals surface area contributed by atoms with Crippen molar-refractivity contribution >= 4 is 29.1 Å². The molecule has 0 bridgehead atoms. The largest absolute Gasteiger partial charge is 0.349 e. The fourth-order valence-electron chi connectivity index (χ4n) is 4.09. The lowest BCUT2D eigenvalue weighted by Gasteiger charge is -2.27. The van der Waals surface area contributed by atoms with Gasteiger partial charge in [-0.2, -0.15) is 5.26 Å². The standard InChI is InChI=1S/C24H21ClN6O/c25-20-4-2-1-3-15(20)11-22(32)31-8-6-16-9-17(10-18(12-26)23(16)31)21-5-7-28-24(30-21)29-19-13-27-14-19/h1-5,7,9-10,19,27H,6,8,11,13-14H2,(H,28,29,30). The average molecular weight is 445 g/mol. The van der Waals surface area contributed by atoms with E-state index in [1.165, 1.54) is 0 Å². The van der Waals surface area contributed by atoms with Crippen LogP contribution in [0, 0.1) is 11.3 Å². The minimum Gasteiger partial charge on any atom is -0.349 e. The summed E-state index contributed by atoms with van der Waals surface area (Å²) in [7, 11) is 0. The Bertz CT molecular complexity index is 1230. The number of rotatable bonds is 5. The highest BCUT2D eigenvalue weighted by Crippen LogP contribution is 2.36. The van der Waals surface area contributed by atoms with E-state index in [9.17, 15) is 10.1 Å². The molecule has 1 saturated heterocycles. The minimum atomic E-state index is -0.0660. The third-order valence-electron chi connectivity index (χ3n) is 5.85. The normalized spacial score (nSPS) is 15.1. The number of nitrogens with zero attached hydrogens (tertiary/aromatic N) is 4. The molecule has 1 fully saturated rings. The molecule has 0 spiro atoms. The minimum absolute atomic E-state index is 0.0660. The monoisotopic (exact) mass is 444 g/mol. The summed E-state index contributed by atoms with van der Waals surface area (Å²) in [6, 6.07) is 15.6. The molecule has 5 rings (SSSR count). The Morgan fingerprint density at radius 3 is 2.88 bits per heavy atom. The highest BCUT2D eigenvalue weighted by atomic mass is 35.5. The van der Waals surface area contributed by atoms with Crippen molar-refractivity contribution in [1.82, 2.24) is 15.3 Å². The molecule has 0 aliphatic carbocycles. The van der Waals surface area contributed by atoms with E-state index in [0.717, 1.165) is 35.5 Å². The van der Waals surface area contributed by atoms with Gasteiger partial charge in [-0.15, -0.1) is 0 Å². The zero-order chi connectivity index (χ0) is 22.1. The van der Waals surface area contributed by atoms with E-state index in [1.54, 1.807) is 23.2 Å². The van der Waals surface area contributed by atoms with Crippen LogP contribution in [0.25, 0.3) is 11.3 Å². The SMILES string of the molecule is N#Cc1cc(-c2ccnc(NC3CNC3)n2)cc2c1N(C(=O)Cc1ccccc1Cl)CC2. The fraction of sp³-hybridized carbons (Fsp3) is 0.250. The van der Waals surface area contributed by atoms with Crippen LogP contribution in [0.2, 0.25) is 5.02 Å². The van der Waals surface area contributed by atoms with Crippen molar-refractivity contribution in [3.8, 4) is 17.3 Å². The summed E-state index contributed by atoms with van der Waals surface area (Å²) in [5.74, 6) is 0.508. The van der Waals surface area contributed by atoms with Crippen LogP contribution in [0.15, 0.2) is 48.7 Å². The highest BCUT2D eigenvalue weighted by molar-refractivity contribution is 6.31. The molecule has 2 N–H and O–H groups in total. The molecule has 0 unspecified atom stereocenters. The lowest BCUT2D eigenvalue weighted by Crippen LogP contribution is -2.51. The fourth-order valence-corrected chi connectivity index (χ4v) is 4.30. The van der Waals surface area contributed by atoms with E-state index < -0.39 is 0 Å². The van der Waals surface area contributed by atoms with Crippen LogP contribution in [0.1, 0.15) is 16.7 Å². The van der Waals surface area contributed by atoms with Crippen molar-refractivity contribution in [1.29, 1.82) is 5.26 Å². The second-order valence-electron chi connectivity index (χ2n) is 7.97. The zero-order valence-electron chi connectivity index (χ0n) is 17.3. The molecule has 3 heterocycles. The van der Waals surface area contributed by atoms with Gasteiger partial charge >= 0.3 is 0 Å². The Balaban J connectivity index is 1.43. The Labute approximate surface area is 191 Å². The summed E-state index contributed by atoms with van der Waals surface area (Å²) < 4.78 is 0. The van der Waals surface area contributed by atoms with Crippen LogP contribution in [-0.4, -0.2) is 41.6 Å². The Morgan fingerprint density at radius 2 is 2.12 bits per heavy atom. The first-order valence-corrected chi connectivity index (χ1v) is 10.9. The topological polar surface area (TPSA) is 93.9 Å². The number of nitrogens with one attached hydrogen (secondary N) is 2. The van der Waals surface area contributed by atoms with Crippen LogP contribution in [-0.2, 0) is 17.6 Å². The van der Waals surface area contributed by atoms with Crippen molar-refractivity contribution in [3.63, 3.8) is 0 Å². The maximum absolute atomic E-state index is 13.1. The predicted octanol–water partition coefficient (Wildman–Crippen LogP) is 3.18.